The molecular formula is C18H20F2N2O. The zero-order chi connectivity index (χ0) is 16.8. The fraction of sp³-hybridized carbons (Fsp3) is 0.278. The van der Waals surface area contributed by atoms with E-state index in [-0.39, 0.29) is 5.56 Å². The monoisotopic (exact) mass is 318 g/mol. The summed E-state index contributed by atoms with van der Waals surface area (Å²) in [6, 6.07) is 11.1. The lowest BCUT2D eigenvalue weighted by atomic mass is 10.1. The first-order chi connectivity index (χ1) is 11.0. The Balaban J connectivity index is 1.79. The Kier molecular flexibility index (Phi) is 5.68. The summed E-state index contributed by atoms with van der Waals surface area (Å²) in [5, 5.41) is 2.65. The van der Waals surface area contributed by atoms with E-state index in [1.807, 2.05) is 31.1 Å². The van der Waals surface area contributed by atoms with Gasteiger partial charge in [-0.1, -0.05) is 12.1 Å². The van der Waals surface area contributed by atoms with Gasteiger partial charge in [0.2, 0.25) is 0 Å². The molecule has 0 unspecified atom stereocenters. The SMILES string of the molecule is CN(C)c1ccc(CCCNC(=O)c2ccc(F)cc2F)cc1. The first-order valence-corrected chi connectivity index (χ1v) is 7.47. The second-order valence-electron chi connectivity index (χ2n) is 5.54. The summed E-state index contributed by atoms with van der Waals surface area (Å²) in [7, 11) is 3.97. The standard InChI is InChI=1S/C18H20F2N2O/c1-22(2)15-8-5-13(6-9-15)4-3-11-21-18(23)16-10-7-14(19)12-17(16)20/h5-10,12H,3-4,11H2,1-2H3,(H,21,23). The molecule has 2 aromatic rings. The molecule has 0 aliphatic carbocycles. The average molecular weight is 318 g/mol. The van der Waals surface area contributed by atoms with Crippen LogP contribution in [0.2, 0.25) is 0 Å². The van der Waals surface area contributed by atoms with Gasteiger partial charge < -0.3 is 10.2 Å². The minimum Gasteiger partial charge on any atom is -0.378 e. The third-order valence-electron chi connectivity index (χ3n) is 3.56. The molecule has 0 heterocycles. The largest absolute Gasteiger partial charge is 0.378 e. The molecule has 0 atom stereocenters. The highest BCUT2D eigenvalue weighted by atomic mass is 19.1. The molecule has 0 aliphatic rings. The molecule has 0 bridgehead atoms. The van der Waals surface area contributed by atoms with E-state index in [1.165, 1.54) is 5.56 Å². The third-order valence-corrected chi connectivity index (χ3v) is 3.56. The van der Waals surface area contributed by atoms with E-state index >= 15 is 0 Å². The number of rotatable bonds is 6. The highest BCUT2D eigenvalue weighted by Crippen LogP contribution is 2.13. The van der Waals surface area contributed by atoms with Crippen LogP contribution in [0, 0.1) is 11.6 Å². The smallest absolute Gasteiger partial charge is 0.254 e. The molecule has 5 heteroatoms. The van der Waals surface area contributed by atoms with Gasteiger partial charge in [-0.3, -0.25) is 4.79 Å². The normalized spacial score (nSPS) is 10.4. The Morgan fingerprint density at radius 3 is 2.39 bits per heavy atom. The number of hydrogen-bond donors (Lipinski definition) is 1. The van der Waals surface area contributed by atoms with Crippen molar-refractivity contribution in [2.24, 2.45) is 0 Å². The number of halogens is 2. The summed E-state index contributed by atoms with van der Waals surface area (Å²) in [5.74, 6) is -2.06. The van der Waals surface area contributed by atoms with Crippen molar-refractivity contribution in [3.05, 3.63) is 65.2 Å². The fourth-order valence-corrected chi connectivity index (χ4v) is 2.22. The molecule has 1 amide bonds. The van der Waals surface area contributed by atoms with Crippen LogP contribution in [0.25, 0.3) is 0 Å². The van der Waals surface area contributed by atoms with Gasteiger partial charge in [-0.25, -0.2) is 8.78 Å². The zero-order valence-electron chi connectivity index (χ0n) is 13.3. The van der Waals surface area contributed by atoms with Crippen LogP contribution in [-0.2, 0) is 6.42 Å². The Morgan fingerprint density at radius 2 is 1.78 bits per heavy atom. The van der Waals surface area contributed by atoms with Crippen molar-refractivity contribution in [3.8, 4) is 0 Å². The molecule has 0 spiro atoms. The molecule has 122 valence electrons. The molecule has 0 fully saturated rings. The Bertz CT molecular complexity index is 669. The molecule has 2 aromatic carbocycles. The maximum Gasteiger partial charge on any atom is 0.254 e. The van der Waals surface area contributed by atoms with Crippen molar-refractivity contribution in [1.82, 2.24) is 5.32 Å². The van der Waals surface area contributed by atoms with Crippen LogP contribution in [0.3, 0.4) is 0 Å². The topological polar surface area (TPSA) is 32.3 Å². The molecule has 3 nitrogen and oxygen atoms in total. The average Bonchev–Trinajstić information content (AvgIpc) is 2.51. The lowest BCUT2D eigenvalue weighted by Crippen LogP contribution is -2.25. The van der Waals surface area contributed by atoms with Gasteiger partial charge in [-0.05, 0) is 42.7 Å². The van der Waals surface area contributed by atoms with E-state index < -0.39 is 17.5 Å². The fourth-order valence-electron chi connectivity index (χ4n) is 2.22. The molecule has 0 saturated carbocycles. The highest BCUT2D eigenvalue weighted by molar-refractivity contribution is 5.94. The van der Waals surface area contributed by atoms with Crippen molar-refractivity contribution in [3.63, 3.8) is 0 Å². The van der Waals surface area contributed by atoms with Crippen LogP contribution < -0.4 is 10.2 Å². The van der Waals surface area contributed by atoms with Crippen LogP contribution in [-0.4, -0.2) is 26.5 Å². The maximum absolute atomic E-state index is 13.5. The van der Waals surface area contributed by atoms with E-state index in [0.29, 0.717) is 12.6 Å². The Hall–Kier alpha value is -2.43. The minimum absolute atomic E-state index is 0.137. The van der Waals surface area contributed by atoms with Crippen molar-refractivity contribution >= 4 is 11.6 Å². The lowest BCUT2D eigenvalue weighted by molar-refractivity contribution is 0.0949. The predicted molar refractivity (Wildman–Crippen MR) is 87.8 cm³/mol. The molecule has 0 aliphatic heterocycles. The van der Waals surface area contributed by atoms with Gasteiger partial charge in [0.25, 0.3) is 5.91 Å². The summed E-state index contributed by atoms with van der Waals surface area (Å²) < 4.78 is 26.3. The quantitative estimate of drug-likeness (QED) is 0.828. The summed E-state index contributed by atoms with van der Waals surface area (Å²) >= 11 is 0. The summed E-state index contributed by atoms with van der Waals surface area (Å²) in [5.41, 5.74) is 2.17. The van der Waals surface area contributed by atoms with E-state index in [9.17, 15) is 13.6 Å². The van der Waals surface area contributed by atoms with Gasteiger partial charge in [0.15, 0.2) is 0 Å². The second kappa shape index (κ2) is 7.72. The van der Waals surface area contributed by atoms with Crippen LogP contribution in [0.5, 0.6) is 0 Å². The molecular weight excluding hydrogens is 298 g/mol. The van der Waals surface area contributed by atoms with E-state index in [1.54, 1.807) is 0 Å². The van der Waals surface area contributed by atoms with E-state index in [0.717, 1.165) is 30.7 Å². The number of aryl methyl sites for hydroxylation is 1. The van der Waals surface area contributed by atoms with Crippen molar-refractivity contribution in [1.29, 1.82) is 0 Å². The number of carbonyl (C=O) groups excluding carboxylic acids is 1. The minimum atomic E-state index is -0.846. The molecule has 0 aromatic heterocycles. The van der Waals surface area contributed by atoms with Crippen LogP contribution in [0.15, 0.2) is 42.5 Å². The Morgan fingerprint density at radius 1 is 1.09 bits per heavy atom. The molecule has 1 N–H and O–H groups in total. The van der Waals surface area contributed by atoms with Crippen LogP contribution in [0.1, 0.15) is 22.3 Å². The van der Waals surface area contributed by atoms with Gasteiger partial charge in [0.1, 0.15) is 11.6 Å². The number of amides is 1. The first kappa shape index (κ1) is 16.9. The van der Waals surface area contributed by atoms with Crippen LogP contribution in [0.4, 0.5) is 14.5 Å². The summed E-state index contributed by atoms with van der Waals surface area (Å²) in [4.78, 5) is 13.9. The van der Waals surface area contributed by atoms with Gasteiger partial charge >= 0.3 is 0 Å². The molecule has 0 radical (unpaired) electrons. The zero-order valence-corrected chi connectivity index (χ0v) is 13.3. The first-order valence-electron chi connectivity index (χ1n) is 7.47. The second-order valence-corrected chi connectivity index (χ2v) is 5.54. The van der Waals surface area contributed by atoms with Crippen LogP contribution >= 0.6 is 0 Å². The van der Waals surface area contributed by atoms with E-state index in [4.69, 9.17) is 0 Å². The summed E-state index contributed by atoms with van der Waals surface area (Å²) in [6.45, 7) is 0.436. The number of anilines is 1. The number of nitrogens with zero attached hydrogens (tertiary/aromatic N) is 1. The van der Waals surface area contributed by atoms with Gasteiger partial charge in [0, 0.05) is 32.4 Å². The summed E-state index contributed by atoms with van der Waals surface area (Å²) in [6.07, 6.45) is 1.57. The third kappa shape index (κ3) is 4.77. The number of benzene rings is 2. The van der Waals surface area contributed by atoms with Gasteiger partial charge in [-0.15, -0.1) is 0 Å². The van der Waals surface area contributed by atoms with Crippen molar-refractivity contribution in [2.75, 3.05) is 25.5 Å². The van der Waals surface area contributed by atoms with Gasteiger partial charge in [0.05, 0.1) is 5.56 Å². The molecule has 23 heavy (non-hydrogen) atoms. The number of nitrogens with one attached hydrogen (secondary N) is 1. The van der Waals surface area contributed by atoms with Gasteiger partial charge in [-0.2, -0.15) is 0 Å². The lowest BCUT2D eigenvalue weighted by Gasteiger charge is -2.12. The Labute approximate surface area is 134 Å². The number of hydrogen-bond acceptors (Lipinski definition) is 2. The predicted octanol–water partition coefficient (Wildman–Crippen LogP) is 3.39. The van der Waals surface area contributed by atoms with E-state index in [2.05, 4.69) is 17.4 Å². The maximum atomic E-state index is 13.5. The van der Waals surface area contributed by atoms with Crippen molar-refractivity contribution < 1.29 is 13.6 Å². The molecule has 0 saturated heterocycles. The molecule has 2 rings (SSSR count). The highest BCUT2D eigenvalue weighted by Gasteiger charge is 2.11. The van der Waals surface area contributed by atoms with Crippen molar-refractivity contribution in [2.45, 2.75) is 12.8 Å². The number of carbonyl (C=O) groups is 1.